The van der Waals surface area contributed by atoms with E-state index in [2.05, 4.69) is 57.8 Å². The molecule has 0 amide bonds. The molecule has 3 nitrogen and oxygen atoms in total. The number of hydrogen-bond acceptors (Lipinski definition) is 3. The summed E-state index contributed by atoms with van der Waals surface area (Å²) >= 11 is 0. The topological polar surface area (TPSA) is 28.4 Å². The zero-order valence-corrected chi connectivity index (χ0v) is 12.7. The second-order valence-corrected chi connectivity index (χ2v) is 6.13. The Morgan fingerprint density at radius 2 is 2.00 bits per heavy atom. The van der Waals surface area contributed by atoms with Gasteiger partial charge in [-0.05, 0) is 47.2 Å². The predicted molar refractivity (Wildman–Crippen MR) is 76.5 cm³/mol. The van der Waals surface area contributed by atoms with Crippen LogP contribution in [0.3, 0.4) is 0 Å². The fourth-order valence-electron chi connectivity index (χ4n) is 1.87. The van der Waals surface area contributed by atoms with Crippen LogP contribution < -0.4 is 5.32 Å². The summed E-state index contributed by atoms with van der Waals surface area (Å²) < 4.78 is 5.63. The Kier molecular flexibility index (Phi) is 5.42. The molecular formula is C15H28N2O. The summed E-state index contributed by atoms with van der Waals surface area (Å²) in [6.07, 6.45) is 1.79. The fraction of sp³-hybridized carbons (Fsp3) is 0.733. The van der Waals surface area contributed by atoms with Crippen LogP contribution in [-0.4, -0.2) is 23.0 Å². The maximum absolute atomic E-state index is 5.63. The molecule has 1 N–H and O–H groups in total. The van der Waals surface area contributed by atoms with Crippen molar-refractivity contribution < 1.29 is 4.42 Å². The first-order chi connectivity index (χ1) is 8.33. The molecule has 0 unspecified atom stereocenters. The smallest absolute Gasteiger partial charge is 0.122 e. The molecule has 104 valence electrons. The predicted octanol–water partition coefficient (Wildman–Crippen LogP) is 3.40. The van der Waals surface area contributed by atoms with Gasteiger partial charge in [-0.3, -0.25) is 4.90 Å². The van der Waals surface area contributed by atoms with E-state index in [0.29, 0.717) is 6.04 Å². The van der Waals surface area contributed by atoms with Crippen LogP contribution in [0.2, 0.25) is 0 Å². The van der Waals surface area contributed by atoms with Gasteiger partial charge < -0.3 is 9.73 Å². The second kappa shape index (κ2) is 6.39. The lowest BCUT2D eigenvalue weighted by atomic mass is 10.1. The van der Waals surface area contributed by atoms with Crippen LogP contribution >= 0.6 is 0 Å². The van der Waals surface area contributed by atoms with Gasteiger partial charge in [0.15, 0.2) is 0 Å². The van der Waals surface area contributed by atoms with Crippen LogP contribution in [0.4, 0.5) is 0 Å². The molecule has 18 heavy (non-hydrogen) atoms. The van der Waals surface area contributed by atoms with E-state index in [4.69, 9.17) is 4.42 Å². The molecule has 0 spiro atoms. The molecule has 0 aliphatic rings. The van der Waals surface area contributed by atoms with Crippen LogP contribution in [0.5, 0.6) is 0 Å². The second-order valence-electron chi connectivity index (χ2n) is 6.13. The molecule has 0 aliphatic carbocycles. The highest BCUT2D eigenvalue weighted by Crippen LogP contribution is 2.16. The van der Waals surface area contributed by atoms with Gasteiger partial charge in [0, 0.05) is 23.7 Å². The van der Waals surface area contributed by atoms with E-state index in [1.54, 1.807) is 6.26 Å². The Hall–Kier alpha value is -0.800. The zero-order valence-electron chi connectivity index (χ0n) is 12.7. The molecule has 1 aromatic heterocycles. The molecule has 1 aromatic rings. The average Bonchev–Trinajstić information content (AvgIpc) is 2.68. The minimum atomic E-state index is 0.136. The number of rotatable bonds is 6. The van der Waals surface area contributed by atoms with E-state index >= 15 is 0 Å². The van der Waals surface area contributed by atoms with E-state index in [1.807, 2.05) is 0 Å². The number of nitrogens with zero attached hydrogens (tertiary/aromatic N) is 1. The molecule has 0 atom stereocenters. The molecule has 1 heterocycles. The van der Waals surface area contributed by atoms with Crippen LogP contribution in [0.15, 0.2) is 16.7 Å². The first kappa shape index (κ1) is 15.3. The molecule has 0 radical (unpaired) electrons. The molecule has 0 saturated heterocycles. The number of furan rings is 1. The Labute approximate surface area is 112 Å². The van der Waals surface area contributed by atoms with Gasteiger partial charge in [0.05, 0.1) is 12.8 Å². The normalized spacial score (nSPS) is 12.7. The molecule has 0 fully saturated rings. The molecule has 0 aliphatic heterocycles. The van der Waals surface area contributed by atoms with E-state index in [0.717, 1.165) is 25.4 Å². The number of hydrogen-bond donors (Lipinski definition) is 1. The highest BCUT2D eigenvalue weighted by Gasteiger charge is 2.15. The minimum absolute atomic E-state index is 0.136. The van der Waals surface area contributed by atoms with Crippen molar-refractivity contribution in [3.63, 3.8) is 0 Å². The van der Waals surface area contributed by atoms with Crippen molar-refractivity contribution in [3.8, 4) is 0 Å². The van der Waals surface area contributed by atoms with Crippen LogP contribution in [-0.2, 0) is 13.1 Å². The first-order valence-corrected chi connectivity index (χ1v) is 6.87. The van der Waals surface area contributed by atoms with Crippen LogP contribution in [0.25, 0.3) is 0 Å². The van der Waals surface area contributed by atoms with Crippen molar-refractivity contribution >= 4 is 0 Å². The fourth-order valence-corrected chi connectivity index (χ4v) is 1.87. The third-order valence-corrected chi connectivity index (χ3v) is 3.13. The lowest BCUT2D eigenvalue weighted by molar-refractivity contribution is 0.206. The summed E-state index contributed by atoms with van der Waals surface area (Å²) in [5.74, 6) is 1.09. The van der Waals surface area contributed by atoms with Crippen molar-refractivity contribution in [1.29, 1.82) is 0 Å². The first-order valence-electron chi connectivity index (χ1n) is 6.87. The van der Waals surface area contributed by atoms with Crippen molar-refractivity contribution in [2.75, 3.05) is 6.54 Å². The SMILES string of the molecule is CCN(Cc1occc1CNC(C)(C)C)C(C)C. The molecular weight excluding hydrogens is 224 g/mol. The van der Waals surface area contributed by atoms with Gasteiger partial charge >= 0.3 is 0 Å². The van der Waals surface area contributed by atoms with Gasteiger partial charge in [-0.1, -0.05) is 6.92 Å². The molecule has 0 aromatic carbocycles. The van der Waals surface area contributed by atoms with Crippen LogP contribution in [0.1, 0.15) is 52.9 Å². The molecule has 1 rings (SSSR count). The molecule has 0 saturated carbocycles. The molecule has 0 bridgehead atoms. The van der Waals surface area contributed by atoms with Gasteiger partial charge in [-0.25, -0.2) is 0 Å². The Bertz CT molecular complexity index is 350. The third kappa shape index (κ3) is 4.83. The maximum atomic E-state index is 5.63. The summed E-state index contributed by atoms with van der Waals surface area (Å²) in [4.78, 5) is 2.40. The highest BCUT2D eigenvalue weighted by molar-refractivity contribution is 5.17. The van der Waals surface area contributed by atoms with Crippen LogP contribution in [0, 0.1) is 0 Å². The Balaban J connectivity index is 2.65. The summed E-state index contributed by atoms with van der Waals surface area (Å²) in [6.45, 7) is 16.0. The average molecular weight is 252 g/mol. The summed E-state index contributed by atoms with van der Waals surface area (Å²) in [6, 6.07) is 2.62. The van der Waals surface area contributed by atoms with Gasteiger partial charge in [0.2, 0.25) is 0 Å². The van der Waals surface area contributed by atoms with Crippen molar-refractivity contribution in [1.82, 2.24) is 10.2 Å². The quantitative estimate of drug-likeness (QED) is 0.841. The minimum Gasteiger partial charge on any atom is -0.468 e. The highest BCUT2D eigenvalue weighted by atomic mass is 16.3. The Morgan fingerprint density at radius 3 is 2.50 bits per heavy atom. The van der Waals surface area contributed by atoms with E-state index in [-0.39, 0.29) is 5.54 Å². The van der Waals surface area contributed by atoms with Crippen molar-refractivity contribution in [3.05, 3.63) is 23.7 Å². The van der Waals surface area contributed by atoms with Gasteiger partial charge in [-0.2, -0.15) is 0 Å². The number of nitrogens with one attached hydrogen (secondary N) is 1. The standard InChI is InChI=1S/C15H28N2O/c1-7-17(12(2)3)11-14-13(8-9-18-14)10-16-15(4,5)6/h8-9,12,16H,7,10-11H2,1-6H3. The van der Waals surface area contributed by atoms with Crippen molar-refractivity contribution in [2.24, 2.45) is 0 Å². The van der Waals surface area contributed by atoms with Gasteiger partial charge in [0.1, 0.15) is 5.76 Å². The third-order valence-electron chi connectivity index (χ3n) is 3.13. The van der Waals surface area contributed by atoms with E-state index < -0.39 is 0 Å². The van der Waals surface area contributed by atoms with E-state index in [1.165, 1.54) is 5.56 Å². The lowest BCUT2D eigenvalue weighted by Crippen LogP contribution is -2.35. The summed E-state index contributed by atoms with van der Waals surface area (Å²) in [7, 11) is 0. The largest absolute Gasteiger partial charge is 0.468 e. The lowest BCUT2D eigenvalue weighted by Gasteiger charge is -2.25. The van der Waals surface area contributed by atoms with Gasteiger partial charge in [0.25, 0.3) is 0 Å². The maximum Gasteiger partial charge on any atom is 0.122 e. The molecule has 3 heteroatoms. The van der Waals surface area contributed by atoms with E-state index in [9.17, 15) is 0 Å². The monoisotopic (exact) mass is 252 g/mol. The summed E-state index contributed by atoms with van der Waals surface area (Å²) in [5, 5.41) is 3.51. The summed E-state index contributed by atoms with van der Waals surface area (Å²) in [5.41, 5.74) is 1.40. The zero-order chi connectivity index (χ0) is 13.8. The van der Waals surface area contributed by atoms with Crippen molar-refractivity contribution in [2.45, 2.75) is 66.2 Å². The van der Waals surface area contributed by atoms with Gasteiger partial charge in [-0.15, -0.1) is 0 Å². The Morgan fingerprint density at radius 1 is 1.33 bits per heavy atom.